The minimum absolute atomic E-state index is 0. The van der Waals surface area contributed by atoms with Crippen molar-refractivity contribution in [3.63, 3.8) is 0 Å². The number of aliphatic imine (C=N–C) groups is 1. The van der Waals surface area contributed by atoms with Crippen molar-refractivity contribution < 1.29 is 13.2 Å². The molecule has 0 radical (unpaired) electrons. The summed E-state index contributed by atoms with van der Waals surface area (Å²) < 4.78 is 38.2. The van der Waals surface area contributed by atoms with Crippen molar-refractivity contribution in [3.8, 4) is 0 Å². The Morgan fingerprint density at radius 3 is 2.64 bits per heavy atom. The van der Waals surface area contributed by atoms with Gasteiger partial charge >= 0.3 is 6.18 Å². The zero-order valence-corrected chi connectivity index (χ0v) is 14.8. The molecule has 0 saturated heterocycles. The van der Waals surface area contributed by atoms with E-state index in [2.05, 4.69) is 20.6 Å². The van der Waals surface area contributed by atoms with Crippen LogP contribution >= 0.6 is 24.0 Å². The van der Waals surface area contributed by atoms with Crippen LogP contribution < -0.4 is 16.4 Å². The van der Waals surface area contributed by atoms with Gasteiger partial charge in [-0.1, -0.05) is 13.8 Å². The maximum absolute atomic E-state index is 12.7. The summed E-state index contributed by atoms with van der Waals surface area (Å²) in [5.74, 6) is 0.485. The van der Waals surface area contributed by atoms with Gasteiger partial charge < -0.3 is 16.4 Å². The second kappa shape index (κ2) is 9.70. The highest BCUT2D eigenvalue weighted by Crippen LogP contribution is 2.33. The fraction of sp³-hybridized carbons (Fsp3) is 0.538. The SMILES string of the molecule is CC(C)CN=C(N)NCCNc1ncccc1C(F)(F)F.I. The van der Waals surface area contributed by atoms with Crippen LogP contribution in [-0.2, 0) is 6.18 Å². The highest BCUT2D eigenvalue weighted by atomic mass is 127. The lowest BCUT2D eigenvalue weighted by Crippen LogP contribution is -2.35. The van der Waals surface area contributed by atoms with Crippen molar-refractivity contribution in [2.75, 3.05) is 25.0 Å². The van der Waals surface area contributed by atoms with Crippen LogP contribution in [0.3, 0.4) is 0 Å². The number of hydrogen-bond donors (Lipinski definition) is 3. The molecule has 0 aliphatic rings. The van der Waals surface area contributed by atoms with Gasteiger partial charge in [-0.05, 0) is 18.1 Å². The van der Waals surface area contributed by atoms with Crippen molar-refractivity contribution in [2.24, 2.45) is 16.6 Å². The summed E-state index contributed by atoms with van der Waals surface area (Å²) in [5, 5.41) is 5.46. The van der Waals surface area contributed by atoms with E-state index in [0.29, 0.717) is 19.0 Å². The van der Waals surface area contributed by atoms with Crippen LogP contribution in [0.1, 0.15) is 19.4 Å². The molecule has 0 aliphatic heterocycles. The first-order valence-electron chi connectivity index (χ1n) is 6.60. The third kappa shape index (κ3) is 7.66. The maximum Gasteiger partial charge on any atom is 0.419 e. The number of pyridine rings is 1. The normalized spacial score (nSPS) is 12.0. The zero-order chi connectivity index (χ0) is 15.9. The number of rotatable bonds is 6. The van der Waals surface area contributed by atoms with Crippen molar-refractivity contribution in [2.45, 2.75) is 20.0 Å². The maximum atomic E-state index is 12.7. The van der Waals surface area contributed by atoms with Crippen molar-refractivity contribution in [1.82, 2.24) is 10.3 Å². The molecule has 22 heavy (non-hydrogen) atoms. The Balaban J connectivity index is 0.00000441. The molecule has 4 N–H and O–H groups in total. The zero-order valence-electron chi connectivity index (χ0n) is 12.4. The number of hydrogen-bond acceptors (Lipinski definition) is 3. The van der Waals surface area contributed by atoms with Gasteiger partial charge in [-0.15, -0.1) is 24.0 Å². The monoisotopic (exact) mass is 431 g/mol. The quantitative estimate of drug-likeness (QED) is 0.280. The molecule has 126 valence electrons. The topological polar surface area (TPSA) is 75.3 Å². The van der Waals surface area contributed by atoms with E-state index < -0.39 is 11.7 Å². The molecule has 0 amide bonds. The molecule has 5 nitrogen and oxygen atoms in total. The van der Waals surface area contributed by atoms with Gasteiger partial charge in [0.1, 0.15) is 5.82 Å². The molecule has 0 saturated carbocycles. The number of nitrogens with one attached hydrogen (secondary N) is 2. The molecular weight excluding hydrogens is 410 g/mol. The van der Waals surface area contributed by atoms with Crippen LogP contribution in [-0.4, -0.2) is 30.6 Å². The smallest absolute Gasteiger partial charge is 0.370 e. The van der Waals surface area contributed by atoms with Crippen LogP contribution in [0.15, 0.2) is 23.3 Å². The number of anilines is 1. The summed E-state index contributed by atoms with van der Waals surface area (Å²) in [6.07, 6.45) is -3.12. The highest BCUT2D eigenvalue weighted by molar-refractivity contribution is 14.0. The Hall–Kier alpha value is -1.26. The van der Waals surface area contributed by atoms with E-state index in [1.165, 1.54) is 12.3 Å². The first-order chi connectivity index (χ1) is 9.80. The predicted molar refractivity (Wildman–Crippen MR) is 92.5 cm³/mol. The van der Waals surface area contributed by atoms with Crippen LogP contribution in [0.25, 0.3) is 0 Å². The number of nitrogens with two attached hydrogens (primary N) is 1. The lowest BCUT2D eigenvalue weighted by Gasteiger charge is -2.13. The summed E-state index contributed by atoms with van der Waals surface area (Å²) in [5.41, 5.74) is 4.83. The van der Waals surface area contributed by atoms with Crippen molar-refractivity contribution in [3.05, 3.63) is 23.9 Å². The standard InChI is InChI=1S/C13H20F3N5.HI/c1-9(2)8-21-12(17)20-7-6-19-11-10(13(14,15)16)4-3-5-18-11;/h3-5,9H,6-8H2,1-2H3,(H,18,19)(H3,17,20,21);1H. The Labute approximate surface area is 145 Å². The summed E-state index contributed by atoms with van der Waals surface area (Å²) in [6.45, 7) is 5.22. The Morgan fingerprint density at radius 1 is 1.36 bits per heavy atom. The molecule has 0 atom stereocenters. The fourth-order valence-electron chi connectivity index (χ4n) is 1.48. The number of guanidine groups is 1. The molecule has 9 heteroatoms. The number of nitrogens with zero attached hydrogens (tertiary/aromatic N) is 2. The largest absolute Gasteiger partial charge is 0.419 e. The molecule has 0 fully saturated rings. The van der Waals surface area contributed by atoms with E-state index in [4.69, 9.17) is 5.73 Å². The van der Waals surface area contributed by atoms with Gasteiger partial charge in [-0.25, -0.2) is 4.98 Å². The molecule has 1 heterocycles. The Kier molecular flexibility index (Phi) is 9.14. The van der Waals surface area contributed by atoms with E-state index in [0.717, 1.165) is 6.07 Å². The number of aromatic nitrogens is 1. The van der Waals surface area contributed by atoms with Crippen molar-refractivity contribution >= 4 is 35.8 Å². The molecule has 1 aromatic rings. The van der Waals surface area contributed by atoms with Gasteiger partial charge in [0, 0.05) is 25.8 Å². The lowest BCUT2D eigenvalue weighted by atomic mass is 10.2. The lowest BCUT2D eigenvalue weighted by molar-refractivity contribution is -0.137. The Bertz CT molecular complexity index is 477. The molecule has 0 bridgehead atoms. The molecule has 0 unspecified atom stereocenters. The van der Waals surface area contributed by atoms with Crippen LogP contribution in [0.5, 0.6) is 0 Å². The summed E-state index contributed by atoms with van der Waals surface area (Å²) >= 11 is 0. The second-order valence-corrected chi connectivity index (χ2v) is 4.87. The molecular formula is C13H21F3IN5. The summed E-state index contributed by atoms with van der Waals surface area (Å²) in [7, 11) is 0. The molecule has 1 rings (SSSR count). The van der Waals surface area contributed by atoms with E-state index in [1.54, 1.807) is 0 Å². The molecule has 1 aromatic heterocycles. The van der Waals surface area contributed by atoms with Gasteiger partial charge in [0.2, 0.25) is 0 Å². The first kappa shape index (κ1) is 20.7. The molecule has 0 spiro atoms. The van der Waals surface area contributed by atoms with Gasteiger partial charge in [0.15, 0.2) is 5.96 Å². The third-order valence-electron chi connectivity index (χ3n) is 2.46. The second-order valence-electron chi connectivity index (χ2n) is 4.87. The van der Waals surface area contributed by atoms with E-state index in [1.807, 2.05) is 13.8 Å². The van der Waals surface area contributed by atoms with Crippen LogP contribution in [0.2, 0.25) is 0 Å². The molecule has 0 aromatic carbocycles. The van der Waals surface area contributed by atoms with Crippen LogP contribution in [0, 0.1) is 5.92 Å². The minimum atomic E-state index is -4.43. The molecule has 0 aliphatic carbocycles. The average Bonchev–Trinajstić information content (AvgIpc) is 2.40. The Morgan fingerprint density at radius 2 is 2.05 bits per heavy atom. The van der Waals surface area contributed by atoms with E-state index in [-0.39, 0.29) is 42.3 Å². The average molecular weight is 431 g/mol. The summed E-state index contributed by atoms with van der Waals surface area (Å²) in [6, 6.07) is 2.24. The third-order valence-corrected chi connectivity index (χ3v) is 2.46. The number of alkyl halides is 3. The first-order valence-corrected chi connectivity index (χ1v) is 6.60. The highest BCUT2D eigenvalue weighted by Gasteiger charge is 2.33. The number of halogens is 4. The van der Waals surface area contributed by atoms with Crippen LogP contribution in [0.4, 0.5) is 19.0 Å². The minimum Gasteiger partial charge on any atom is -0.370 e. The van der Waals surface area contributed by atoms with Gasteiger partial charge in [0.05, 0.1) is 5.56 Å². The van der Waals surface area contributed by atoms with E-state index >= 15 is 0 Å². The summed E-state index contributed by atoms with van der Waals surface area (Å²) in [4.78, 5) is 7.79. The van der Waals surface area contributed by atoms with Gasteiger partial charge in [0.25, 0.3) is 0 Å². The van der Waals surface area contributed by atoms with Gasteiger partial charge in [-0.3, -0.25) is 4.99 Å². The van der Waals surface area contributed by atoms with Crippen molar-refractivity contribution in [1.29, 1.82) is 0 Å². The fourth-order valence-corrected chi connectivity index (χ4v) is 1.48. The van der Waals surface area contributed by atoms with Gasteiger partial charge in [-0.2, -0.15) is 13.2 Å². The van der Waals surface area contributed by atoms with E-state index in [9.17, 15) is 13.2 Å². The predicted octanol–water partition coefficient (Wildman–Crippen LogP) is 2.69.